The maximum absolute atomic E-state index is 11.5. The lowest BCUT2D eigenvalue weighted by Crippen LogP contribution is -2.10. The Labute approximate surface area is 117 Å². The molecule has 0 unspecified atom stereocenters. The van der Waals surface area contributed by atoms with Crippen molar-refractivity contribution < 1.29 is 18.7 Å². The molecule has 0 spiro atoms. The number of aryl methyl sites for hydroxylation is 1. The van der Waals surface area contributed by atoms with Gasteiger partial charge in [0.1, 0.15) is 15.8 Å². The van der Waals surface area contributed by atoms with E-state index in [0.717, 1.165) is 10.9 Å². The van der Waals surface area contributed by atoms with E-state index in [1.807, 2.05) is 0 Å². The van der Waals surface area contributed by atoms with Crippen molar-refractivity contribution in [2.75, 3.05) is 6.61 Å². The molecular formula is C13H11BrO5. The Morgan fingerprint density at radius 3 is 2.84 bits per heavy atom. The van der Waals surface area contributed by atoms with Gasteiger partial charge in [-0.2, -0.15) is 0 Å². The molecule has 1 aromatic heterocycles. The van der Waals surface area contributed by atoms with Crippen molar-refractivity contribution in [3.63, 3.8) is 0 Å². The Morgan fingerprint density at radius 2 is 2.16 bits per heavy atom. The van der Waals surface area contributed by atoms with E-state index < -0.39 is 11.8 Å². The predicted molar refractivity (Wildman–Crippen MR) is 72.6 cm³/mol. The highest BCUT2D eigenvalue weighted by atomic mass is 79.9. The van der Waals surface area contributed by atoms with Crippen LogP contribution in [0.2, 0.25) is 0 Å². The van der Waals surface area contributed by atoms with Crippen molar-refractivity contribution >= 4 is 33.1 Å². The third-order valence-electron chi connectivity index (χ3n) is 2.53. The maximum Gasteiger partial charge on any atom is 0.513 e. The van der Waals surface area contributed by atoms with Crippen LogP contribution in [0, 0.1) is 6.92 Å². The summed E-state index contributed by atoms with van der Waals surface area (Å²) >= 11 is 3.17. The molecule has 0 aliphatic carbocycles. The zero-order chi connectivity index (χ0) is 14.0. The lowest BCUT2D eigenvalue weighted by molar-refractivity contribution is 0.104. The van der Waals surface area contributed by atoms with E-state index in [-0.39, 0.29) is 12.4 Å². The van der Waals surface area contributed by atoms with Gasteiger partial charge in [-0.25, -0.2) is 9.59 Å². The number of hydrogen-bond acceptors (Lipinski definition) is 5. The van der Waals surface area contributed by atoms with Gasteiger partial charge in [0, 0.05) is 11.5 Å². The second-order valence-corrected chi connectivity index (χ2v) is 4.56. The lowest BCUT2D eigenvalue weighted by atomic mass is 10.1. The van der Waals surface area contributed by atoms with E-state index in [9.17, 15) is 9.59 Å². The average Bonchev–Trinajstić information content (AvgIpc) is 2.36. The highest BCUT2D eigenvalue weighted by molar-refractivity contribution is 9.10. The zero-order valence-corrected chi connectivity index (χ0v) is 11.9. The standard InChI is InChI=1S/C13H11BrO5/c1-3-17-13(16)18-8-4-5-9-7(2)11(14)12(15)19-10(9)6-8/h4-6H,3H2,1-2H3. The van der Waals surface area contributed by atoms with Crippen LogP contribution in [0.1, 0.15) is 12.5 Å². The Morgan fingerprint density at radius 1 is 1.42 bits per heavy atom. The minimum atomic E-state index is -0.793. The summed E-state index contributed by atoms with van der Waals surface area (Å²) in [5.74, 6) is 0.260. The monoisotopic (exact) mass is 326 g/mol. The number of ether oxygens (including phenoxy) is 2. The normalized spacial score (nSPS) is 10.5. The van der Waals surface area contributed by atoms with Gasteiger partial charge < -0.3 is 13.9 Å². The van der Waals surface area contributed by atoms with Crippen molar-refractivity contribution in [3.8, 4) is 5.75 Å². The number of benzene rings is 1. The van der Waals surface area contributed by atoms with E-state index in [1.165, 1.54) is 6.07 Å². The third kappa shape index (κ3) is 2.78. The van der Waals surface area contributed by atoms with Gasteiger partial charge in [0.2, 0.25) is 0 Å². The molecule has 0 atom stereocenters. The number of carbonyl (C=O) groups is 1. The molecule has 19 heavy (non-hydrogen) atoms. The summed E-state index contributed by atoms with van der Waals surface area (Å²) in [6.07, 6.45) is -0.793. The molecule has 0 N–H and O–H groups in total. The second kappa shape index (κ2) is 5.44. The van der Waals surface area contributed by atoms with Gasteiger partial charge in [-0.05, 0) is 47.5 Å². The average molecular weight is 327 g/mol. The fourth-order valence-electron chi connectivity index (χ4n) is 1.62. The summed E-state index contributed by atoms with van der Waals surface area (Å²) in [5, 5.41) is 0.766. The first-order valence-electron chi connectivity index (χ1n) is 5.60. The third-order valence-corrected chi connectivity index (χ3v) is 3.45. The highest BCUT2D eigenvalue weighted by Crippen LogP contribution is 2.26. The summed E-state index contributed by atoms with van der Waals surface area (Å²) < 4.78 is 15.1. The molecule has 0 amide bonds. The first-order valence-corrected chi connectivity index (χ1v) is 6.39. The molecule has 0 radical (unpaired) electrons. The predicted octanol–water partition coefficient (Wildman–Crippen LogP) is 3.40. The molecular weight excluding hydrogens is 316 g/mol. The van der Waals surface area contributed by atoms with Crippen LogP contribution in [0.4, 0.5) is 4.79 Å². The molecule has 1 aromatic carbocycles. The van der Waals surface area contributed by atoms with Gasteiger partial charge >= 0.3 is 11.8 Å². The molecule has 2 aromatic rings. The van der Waals surface area contributed by atoms with E-state index in [2.05, 4.69) is 20.7 Å². The zero-order valence-electron chi connectivity index (χ0n) is 10.4. The molecule has 1 heterocycles. The SMILES string of the molecule is CCOC(=O)Oc1ccc2c(C)c(Br)c(=O)oc2c1. The molecule has 2 rings (SSSR count). The number of halogens is 1. The highest BCUT2D eigenvalue weighted by Gasteiger charge is 2.11. The van der Waals surface area contributed by atoms with Crippen LogP contribution < -0.4 is 10.4 Å². The summed E-state index contributed by atoms with van der Waals surface area (Å²) in [5.41, 5.74) is 0.653. The van der Waals surface area contributed by atoms with Crippen molar-refractivity contribution in [1.82, 2.24) is 0 Å². The van der Waals surface area contributed by atoms with Gasteiger partial charge in [0.25, 0.3) is 0 Å². The van der Waals surface area contributed by atoms with Crippen LogP contribution in [0.25, 0.3) is 11.0 Å². The fraction of sp³-hybridized carbons (Fsp3) is 0.231. The minimum absolute atomic E-state index is 0.230. The molecule has 0 aliphatic rings. The van der Waals surface area contributed by atoms with E-state index in [0.29, 0.717) is 10.1 Å². The fourth-order valence-corrected chi connectivity index (χ4v) is 1.91. The van der Waals surface area contributed by atoms with Crippen molar-refractivity contribution in [1.29, 1.82) is 0 Å². The van der Waals surface area contributed by atoms with Gasteiger partial charge in [-0.15, -0.1) is 0 Å². The number of carbonyl (C=O) groups excluding carboxylic acids is 1. The smallest absolute Gasteiger partial charge is 0.434 e. The van der Waals surface area contributed by atoms with Crippen LogP contribution in [0.3, 0.4) is 0 Å². The van der Waals surface area contributed by atoms with Gasteiger partial charge in [-0.3, -0.25) is 0 Å². The Bertz CT molecular complexity index is 689. The molecule has 0 saturated heterocycles. The summed E-state index contributed by atoms with van der Waals surface area (Å²) in [6, 6.07) is 4.80. The second-order valence-electron chi connectivity index (χ2n) is 3.77. The number of rotatable bonds is 2. The minimum Gasteiger partial charge on any atom is -0.434 e. The molecule has 0 saturated carbocycles. The van der Waals surface area contributed by atoms with Crippen LogP contribution in [-0.2, 0) is 4.74 Å². The lowest BCUT2D eigenvalue weighted by Gasteiger charge is -2.06. The van der Waals surface area contributed by atoms with Crippen LogP contribution in [0.15, 0.2) is 31.9 Å². The molecule has 0 bridgehead atoms. The van der Waals surface area contributed by atoms with Crippen molar-refractivity contribution in [2.45, 2.75) is 13.8 Å². The topological polar surface area (TPSA) is 65.7 Å². The summed E-state index contributed by atoms with van der Waals surface area (Å²) in [7, 11) is 0. The van der Waals surface area contributed by atoms with E-state index in [4.69, 9.17) is 9.15 Å². The van der Waals surface area contributed by atoms with Crippen molar-refractivity contribution in [3.05, 3.63) is 38.7 Å². The Balaban J connectivity index is 2.44. The number of fused-ring (bicyclic) bond motifs is 1. The summed E-state index contributed by atoms with van der Waals surface area (Å²) in [4.78, 5) is 22.7. The quantitative estimate of drug-likeness (QED) is 0.480. The largest absolute Gasteiger partial charge is 0.513 e. The maximum atomic E-state index is 11.5. The van der Waals surface area contributed by atoms with Gasteiger partial charge in [0.05, 0.1) is 6.61 Å². The van der Waals surface area contributed by atoms with Crippen LogP contribution >= 0.6 is 15.9 Å². The first kappa shape index (κ1) is 13.6. The van der Waals surface area contributed by atoms with Gasteiger partial charge in [-0.1, -0.05) is 0 Å². The Kier molecular flexibility index (Phi) is 3.90. The molecule has 6 heteroatoms. The van der Waals surface area contributed by atoms with Crippen molar-refractivity contribution in [2.24, 2.45) is 0 Å². The van der Waals surface area contributed by atoms with E-state index >= 15 is 0 Å². The van der Waals surface area contributed by atoms with Crippen LogP contribution in [-0.4, -0.2) is 12.8 Å². The molecule has 100 valence electrons. The van der Waals surface area contributed by atoms with E-state index in [1.54, 1.807) is 26.0 Å². The molecule has 0 fully saturated rings. The number of hydrogen-bond donors (Lipinski definition) is 0. The molecule has 5 nitrogen and oxygen atoms in total. The first-order chi connectivity index (χ1) is 9.02. The Hall–Kier alpha value is -1.82. The van der Waals surface area contributed by atoms with Gasteiger partial charge in [0.15, 0.2) is 0 Å². The summed E-state index contributed by atoms with van der Waals surface area (Å²) in [6.45, 7) is 3.71. The molecule has 0 aliphatic heterocycles. The van der Waals surface area contributed by atoms with Crippen LogP contribution in [0.5, 0.6) is 5.75 Å².